The molecule has 0 N–H and O–H groups in total. The maximum atomic E-state index is 12.2. The van der Waals surface area contributed by atoms with Gasteiger partial charge in [0.2, 0.25) is 0 Å². The number of hydrogen-bond acceptors (Lipinski definition) is 4. The Balaban J connectivity index is 1.74. The van der Waals surface area contributed by atoms with Crippen LogP contribution in [-0.2, 0) is 16.1 Å². The molecule has 0 aliphatic carbocycles. The quantitative estimate of drug-likeness (QED) is 0.299. The number of carbonyl (C=O) groups is 2. The Morgan fingerprint density at radius 2 is 1.43 bits per heavy atom. The molecule has 0 amide bonds. The molecule has 2 rings (SSSR count). The Morgan fingerprint density at radius 3 is 2.07 bits per heavy atom. The zero-order chi connectivity index (χ0) is 20.2. The van der Waals surface area contributed by atoms with Gasteiger partial charge in [0.25, 0.3) is 0 Å². The van der Waals surface area contributed by atoms with Crippen molar-refractivity contribution >= 4 is 27.9 Å². The summed E-state index contributed by atoms with van der Waals surface area (Å²) in [6, 6.07) is 14.0. The predicted molar refractivity (Wildman–Crippen MR) is 113 cm³/mol. The fraction of sp³-hybridized carbons (Fsp3) is 0.391. The number of unbranched alkanes of at least 4 members (excludes halogenated alkanes) is 5. The Kier molecular flexibility index (Phi) is 9.77. The van der Waals surface area contributed by atoms with E-state index in [1.165, 1.54) is 25.7 Å². The van der Waals surface area contributed by atoms with Crippen molar-refractivity contribution in [2.24, 2.45) is 0 Å². The topological polar surface area (TPSA) is 52.6 Å². The van der Waals surface area contributed by atoms with E-state index in [-0.39, 0.29) is 12.6 Å². The van der Waals surface area contributed by atoms with E-state index in [9.17, 15) is 9.59 Å². The van der Waals surface area contributed by atoms with Gasteiger partial charge in [-0.3, -0.25) is 0 Å². The molecule has 2 aromatic carbocycles. The lowest BCUT2D eigenvalue weighted by atomic mass is 10.1. The summed E-state index contributed by atoms with van der Waals surface area (Å²) in [7, 11) is 0. The highest BCUT2D eigenvalue weighted by molar-refractivity contribution is 9.10. The van der Waals surface area contributed by atoms with Crippen LogP contribution in [0.3, 0.4) is 0 Å². The van der Waals surface area contributed by atoms with E-state index in [1.807, 2.05) is 24.3 Å². The SMILES string of the molecule is CCCCCCCCOC(=O)c1ccc(C(=O)OCc2cccc(Br)c2)cc1. The Morgan fingerprint density at radius 1 is 0.821 bits per heavy atom. The highest BCUT2D eigenvalue weighted by Crippen LogP contribution is 2.14. The van der Waals surface area contributed by atoms with Crippen molar-refractivity contribution in [1.82, 2.24) is 0 Å². The van der Waals surface area contributed by atoms with E-state index >= 15 is 0 Å². The lowest BCUT2D eigenvalue weighted by Crippen LogP contribution is -2.08. The van der Waals surface area contributed by atoms with Crippen LogP contribution in [0, 0.1) is 0 Å². The third kappa shape index (κ3) is 7.85. The summed E-state index contributed by atoms with van der Waals surface area (Å²) in [5, 5.41) is 0. The van der Waals surface area contributed by atoms with Crippen molar-refractivity contribution in [3.63, 3.8) is 0 Å². The van der Waals surface area contributed by atoms with Crippen LogP contribution in [0.5, 0.6) is 0 Å². The highest BCUT2D eigenvalue weighted by Gasteiger charge is 2.11. The van der Waals surface area contributed by atoms with Crippen molar-refractivity contribution < 1.29 is 19.1 Å². The molecule has 0 heterocycles. The third-order valence-corrected chi connectivity index (χ3v) is 4.84. The zero-order valence-corrected chi connectivity index (χ0v) is 17.9. The van der Waals surface area contributed by atoms with Gasteiger partial charge in [0.1, 0.15) is 6.61 Å². The third-order valence-electron chi connectivity index (χ3n) is 4.35. The number of rotatable bonds is 11. The minimum Gasteiger partial charge on any atom is -0.462 e. The van der Waals surface area contributed by atoms with Gasteiger partial charge in [-0.1, -0.05) is 67.1 Å². The molecule has 0 unspecified atom stereocenters. The fourth-order valence-corrected chi connectivity index (χ4v) is 3.18. The first-order chi connectivity index (χ1) is 13.6. The van der Waals surface area contributed by atoms with Crippen molar-refractivity contribution in [2.45, 2.75) is 52.1 Å². The molecule has 0 aromatic heterocycles. The summed E-state index contributed by atoms with van der Waals surface area (Å²) in [6.45, 7) is 2.82. The fourth-order valence-electron chi connectivity index (χ4n) is 2.73. The minimum atomic E-state index is -0.424. The van der Waals surface area contributed by atoms with Gasteiger partial charge in [0.05, 0.1) is 17.7 Å². The Bertz CT molecular complexity index is 755. The normalized spacial score (nSPS) is 10.5. The van der Waals surface area contributed by atoms with Crippen LogP contribution in [0.2, 0.25) is 0 Å². The van der Waals surface area contributed by atoms with Crippen LogP contribution >= 0.6 is 15.9 Å². The van der Waals surface area contributed by atoms with Crippen molar-refractivity contribution in [1.29, 1.82) is 0 Å². The van der Waals surface area contributed by atoms with E-state index in [0.717, 1.165) is 22.9 Å². The average Bonchev–Trinajstić information content (AvgIpc) is 2.71. The molecule has 28 heavy (non-hydrogen) atoms. The number of esters is 2. The van der Waals surface area contributed by atoms with Gasteiger partial charge < -0.3 is 9.47 Å². The predicted octanol–water partition coefficient (Wildman–Crippen LogP) is 6.32. The molecule has 5 heteroatoms. The van der Waals surface area contributed by atoms with Gasteiger partial charge in [-0.15, -0.1) is 0 Å². The van der Waals surface area contributed by atoms with Gasteiger partial charge in [0.15, 0.2) is 0 Å². The molecule has 0 radical (unpaired) electrons. The van der Waals surface area contributed by atoms with Crippen LogP contribution in [-0.4, -0.2) is 18.5 Å². The summed E-state index contributed by atoms with van der Waals surface area (Å²) in [5.74, 6) is -0.783. The maximum Gasteiger partial charge on any atom is 0.338 e. The molecule has 2 aromatic rings. The van der Waals surface area contributed by atoms with Crippen LogP contribution < -0.4 is 0 Å². The van der Waals surface area contributed by atoms with Crippen LogP contribution in [0.15, 0.2) is 53.0 Å². The molecule has 0 saturated carbocycles. The number of ether oxygens (including phenoxy) is 2. The Labute approximate surface area is 175 Å². The highest BCUT2D eigenvalue weighted by atomic mass is 79.9. The number of hydrogen-bond donors (Lipinski definition) is 0. The van der Waals surface area contributed by atoms with Crippen LogP contribution in [0.1, 0.15) is 71.7 Å². The molecule has 0 atom stereocenters. The second kappa shape index (κ2) is 12.3. The van der Waals surface area contributed by atoms with Crippen LogP contribution in [0.25, 0.3) is 0 Å². The first-order valence-corrected chi connectivity index (χ1v) is 10.6. The lowest BCUT2D eigenvalue weighted by Gasteiger charge is -2.07. The molecule has 0 fully saturated rings. The summed E-state index contributed by atoms with van der Waals surface area (Å²) in [6.07, 6.45) is 6.87. The molecule has 0 saturated heterocycles. The Hall–Kier alpha value is -2.14. The average molecular weight is 447 g/mol. The monoisotopic (exact) mass is 446 g/mol. The zero-order valence-electron chi connectivity index (χ0n) is 16.3. The van der Waals surface area contributed by atoms with Crippen molar-refractivity contribution in [3.05, 3.63) is 69.7 Å². The van der Waals surface area contributed by atoms with Gasteiger partial charge in [-0.05, 0) is 48.4 Å². The van der Waals surface area contributed by atoms with E-state index in [4.69, 9.17) is 9.47 Å². The standard InChI is InChI=1S/C23H27BrO4/c1-2-3-4-5-6-7-15-27-22(25)19-11-13-20(14-12-19)23(26)28-17-18-9-8-10-21(24)16-18/h8-14,16H,2-7,15,17H2,1H3. The van der Waals surface area contributed by atoms with E-state index in [0.29, 0.717) is 17.7 Å². The molecule has 0 bridgehead atoms. The number of halogens is 1. The second-order valence-corrected chi connectivity index (χ2v) is 7.60. The smallest absolute Gasteiger partial charge is 0.338 e. The summed E-state index contributed by atoms with van der Waals surface area (Å²) >= 11 is 3.39. The van der Waals surface area contributed by atoms with Crippen molar-refractivity contribution in [3.8, 4) is 0 Å². The molecule has 0 spiro atoms. The first kappa shape index (κ1) is 22.2. The van der Waals surface area contributed by atoms with Gasteiger partial charge in [-0.2, -0.15) is 0 Å². The molecular weight excluding hydrogens is 420 g/mol. The summed E-state index contributed by atoms with van der Waals surface area (Å²) in [4.78, 5) is 24.2. The molecule has 0 aliphatic rings. The van der Waals surface area contributed by atoms with Crippen molar-refractivity contribution in [2.75, 3.05) is 6.61 Å². The summed E-state index contributed by atoms with van der Waals surface area (Å²) in [5.41, 5.74) is 1.75. The van der Waals surface area contributed by atoms with E-state index in [1.54, 1.807) is 24.3 Å². The molecular formula is C23H27BrO4. The first-order valence-electron chi connectivity index (χ1n) is 9.79. The lowest BCUT2D eigenvalue weighted by molar-refractivity contribution is 0.0466. The number of carbonyl (C=O) groups excluding carboxylic acids is 2. The number of benzene rings is 2. The minimum absolute atomic E-state index is 0.195. The van der Waals surface area contributed by atoms with E-state index in [2.05, 4.69) is 22.9 Å². The molecule has 4 nitrogen and oxygen atoms in total. The van der Waals surface area contributed by atoms with Gasteiger partial charge in [0, 0.05) is 4.47 Å². The van der Waals surface area contributed by atoms with Crippen LogP contribution in [0.4, 0.5) is 0 Å². The maximum absolute atomic E-state index is 12.2. The molecule has 0 aliphatic heterocycles. The summed E-state index contributed by atoms with van der Waals surface area (Å²) < 4.78 is 11.5. The largest absolute Gasteiger partial charge is 0.462 e. The van der Waals surface area contributed by atoms with Gasteiger partial charge >= 0.3 is 11.9 Å². The second-order valence-electron chi connectivity index (χ2n) is 6.69. The van der Waals surface area contributed by atoms with Gasteiger partial charge in [-0.25, -0.2) is 9.59 Å². The van der Waals surface area contributed by atoms with E-state index < -0.39 is 5.97 Å². The molecule has 150 valence electrons.